The first kappa shape index (κ1) is 14.9. The molecule has 0 bridgehead atoms. The molecular weight excluding hydrogens is 262 g/mol. The molecule has 21 heavy (non-hydrogen) atoms. The maximum atomic E-state index is 12.1. The third kappa shape index (κ3) is 3.54. The van der Waals surface area contributed by atoms with Gasteiger partial charge >= 0.3 is 0 Å². The topological polar surface area (TPSA) is 67.2 Å². The van der Waals surface area contributed by atoms with Crippen LogP contribution in [0.15, 0.2) is 36.4 Å². The summed E-state index contributed by atoms with van der Waals surface area (Å²) in [4.78, 5) is 12.1. The molecule has 4 N–H and O–H groups in total. The largest absolute Gasteiger partial charge is 0.399 e. The van der Waals surface area contributed by atoms with E-state index in [-0.39, 0.29) is 5.91 Å². The lowest BCUT2D eigenvalue weighted by Crippen LogP contribution is -2.23. The lowest BCUT2D eigenvalue weighted by atomic mass is 10.1. The maximum absolute atomic E-state index is 12.1. The zero-order valence-electron chi connectivity index (χ0n) is 12.7. The number of aryl methyl sites for hydroxylation is 2. The van der Waals surface area contributed by atoms with E-state index in [1.165, 1.54) is 5.56 Å². The zero-order chi connectivity index (χ0) is 15.4. The number of anilines is 3. The standard InChI is InChI=1S/C17H21N3O/c1-4-19-17(21)14-10-13(18)6-8-16(14)20-15-7-5-11(2)9-12(15)3/h5-10,20H,4,18H2,1-3H3,(H,19,21). The highest BCUT2D eigenvalue weighted by Crippen LogP contribution is 2.25. The van der Waals surface area contributed by atoms with E-state index in [4.69, 9.17) is 5.73 Å². The van der Waals surface area contributed by atoms with Crippen LogP contribution in [-0.4, -0.2) is 12.5 Å². The molecule has 110 valence electrons. The smallest absolute Gasteiger partial charge is 0.253 e. The van der Waals surface area contributed by atoms with Crippen LogP contribution in [0, 0.1) is 13.8 Å². The summed E-state index contributed by atoms with van der Waals surface area (Å²) in [5, 5.41) is 6.12. The third-order valence-electron chi connectivity index (χ3n) is 3.28. The van der Waals surface area contributed by atoms with Gasteiger partial charge in [0.1, 0.15) is 0 Å². The van der Waals surface area contributed by atoms with Crippen molar-refractivity contribution in [1.29, 1.82) is 0 Å². The molecule has 0 aliphatic rings. The van der Waals surface area contributed by atoms with Gasteiger partial charge in [-0.1, -0.05) is 17.7 Å². The number of nitrogens with two attached hydrogens (primary N) is 1. The second kappa shape index (κ2) is 6.31. The highest BCUT2D eigenvalue weighted by molar-refractivity contribution is 6.01. The van der Waals surface area contributed by atoms with E-state index in [1.807, 2.05) is 32.0 Å². The predicted molar refractivity (Wildman–Crippen MR) is 88.1 cm³/mol. The van der Waals surface area contributed by atoms with Crippen molar-refractivity contribution in [2.45, 2.75) is 20.8 Å². The third-order valence-corrected chi connectivity index (χ3v) is 3.28. The van der Waals surface area contributed by atoms with E-state index < -0.39 is 0 Å². The van der Waals surface area contributed by atoms with Crippen molar-refractivity contribution in [2.24, 2.45) is 0 Å². The van der Waals surface area contributed by atoms with Crippen LogP contribution >= 0.6 is 0 Å². The Hall–Kier alpha value is -2.49. The first-order valence-corrected chi connectivity index (χ1v) is 7.03. The molecular formula is C17H21N3O. The number of rotatable bonds is 4. The zero-order valence-corrected chi connectivity index (χ0v) is 12.7. The van der Waals surface area contributed by atoms with Gasteiger partial charge in [-0.3, -0.25) is 4.79 Å². The number of amides is 1. The Kier molecular flexibility index (Phi) is 4.48. The van der Waals surface area contributed by atoms with E-state index in [0.717, 1.165) is 16.9 Å². The highest BCUT2D eigenvalue weighted by Gasteiger charge is 2.12. The van der Waals surface area contributed by atoms with Gasteiger partial charge in [-0.15, -0.1) is 0 Å². The summed E-state index contributed by atoms with van der Waals surface area (Å²) in [7, 11) is 0. The summed E-state index contributed by atoms with van der Waals surface area (Å²) in [6, 6.07) is 11.5. The fourth-order valence-corrected chi connectivity index (χ4v) is 2.21. The Morgan fingerprint density at radius 3 is 2.48 bits per heavy atom. The lowest BCUT2D eigenvalue weighted by Gasteiger charge is -2.14. The minimum Gasteiger partial charge on any atom is -0.399 e. The number of carbonyl (C=O) groups is 1. The molecule has 1 amide bonds. The minimum absolute atomic E-state index is 0.128. The van der Waals surface area contributed by atoms with Crippen LogP contribution in [0.1, 0.15) is 28.4 Å². The molecule has 0 saturated carbocycles. The number of carbonyl (C=O) groups excluding carboxylic acids is 1. The highest BCUT2D eigenvalue weighted by atomic mass is 16.1. The summed E-state index contributed by atoms with van der Waals surface area (Å²) >= 11 is 0. The summed E-state index contributed by atoms with van der Waals surface area (Å²) in [5.41, 5.74) is 11.0. The molecule has 2 aromatic carbocycles. The molecule has 0 atom stereocenters. The van der Waals surface area contributed by atoms with Crippen LogP contribution in [0.25, 0.3) is 0 Å². The average Bonchev–Trinajstić information content (AvgIpc) is 2.43. The van der Waals surface area contributed by atoms with Crippen molar-refractivity contribution >= 4 is 23.0 Å². The Labute approximate surface area is 125 Å². The number of nitrogen functional groups attached to an aromatic ring is 1. The van der Waals surface area contributed by atoms with Crippen molar-refractivity contribution in [3.63, 3.8) is 0 Å². The predicted octanol–water partition coefficient (Wildman–Crippen LogP) is 3.38. The first-order chi connectivity index (χ1) is 10.0. The van der Waals surface area contributed by atoms with Gasteiger partial charge in [0.25, 0.3) is 5.91 Å². The minimum atomic E-state index is -0.128. The molecule has 4 heteroatoms. The fraction of sp³-hybridized carbons (Fsp3) is 0.235. The molecule has 0 aliphatic heterocycles. The Bertz CT molecular complexity index is 665. The first-order valence-electron chi connectivity index (χ1n) is 7.03. The molecule has 0 radical (unpaired) electrons. The van der Waals surface area contributed by atoms with Gasteiger partial charge in [0.15, 0.2) is 0 Å². The maximum Gasteiger partial charge on any atom is 0.253 e. The van der Waals surface area contributed by atoms with E-state index in [2.05, 4.69) is 23.6 Å². The van der Waals surface area contributed by atoms with Gasteiger partial charge in [0, 0.05) is 17.9 Å². The van der Waals surface area contributed by atoms with Gasteiger partial charge in [-0.25, -0.2) is 0 Å². The molecule has 2 rings (SSSR count). The number of benzene rings is 2. The molecule has 4 nitrogen and oxygen atoms in total. The van der Waals surface area contributed by atoms with Crippen LogP contribution in [0.2, 0.25) is 0 Å². The van der Waals surface area contributed by atoms with Crippen molar-refractivity contribution in [3.8, 4) is 0 Å². The van der Waals surface area contributed by atoms with E-state index in [9.17, 15) is 4.79 Å². The SMILES string of the molecule is CCNC(=O)c1cc(N)ccc1Nc1ccc(C)cc1C. The van der Waals surface area contributed by atoms with E-state index in [0.29, 0.717) is 17.8 Å². The van der Waals surface area contributed by atoms with E-state index in [1.54, 1.807) is 12.1 Å². The van der Waals surface area contributed by atoms with E-state index >= 15 is 0 Å². The second-order valence-electron chi connectivity index (χ2n) is 5.11. The second-order valence-corrected chi connectivity index (χ2v) is 5.11. The number of hydrogen-bond donors (Lipinski definition) is 3. The summed E-state index contributed by atoms with van der Waals surface area (Å²) in [6.45, 7) is 6.57. The molecule has 0 aromatic heterocycles. The number of nitrogens with one attached hydrogen (secondary N) is 2. The quantitative estimate of drug-likeness (QED) is 0.754. The van der Waals surface area contributed by atoms with Crippen molar-refractivity contribution in [3.05, 3.63) is 53.1 Å². The van der Waals surface area contributed by atoms with Crippen molar-refractivity contribution < 1.29 is 4.79 Å². The van der Waals surface area contributed by atoms with Crippen LogP contribution < -0.4 is 16.4 Å². The average molecular weight is 283 g/mol. The summed E-state index contributed by atoms with van der Waals surface area (Å²) in [5.74, 6) is -0.128. The van der Waals surface area contributed by atoms with Gasteiger partial charge < -0.3 is 16.4 Å². The van der Waals surface area contributed by atoms with Crippen LogP contribution in [0.5, 0.6) is 0 Å². The molecule has 0 aliphatic carbocycles. The van der Waals surface area contributed by atoms with Gasteiger partial charge in [-0.2, -0.15) is 0 Å². The van der Waals surface area contributed by atoms with Gasteiger partial charge in [-0.05, 0) is 50.6 Å². The van der Waals surface area contributed by atoms with Crippen molar-refractivity contribution in [1.82, 2.24) is 5.32 Å². The lowest BCUT2D eigenvalue weighted by molar-refractivity contribution is 0.0956. The molecule has 2 aromatic rings. The monoisotopic (exact) mass is 283 g/mol. The Balaban J connectivity index is 2.37. The summed E-state index contributed by atoms with van der Waals surface area (Å²) in [6.07, 6.45) is 0. The summed E-state index contributed by atoms with van der Waals surface area (Å²) < 4.78 is 0. The van der Waals surface area contributed by atoms with Gasteiger partial charge in [0.05, 0.1) is 11.3 Å². The molecule has 0 heterocycles. The van der Waals surface area contributed by atoms with Crippen LogP contribution in [-0.2, 0) is 0 Å². The molecule has 0 unspecified atom stereocenters. The van der Waals surface area contributed by atoms with Crippen LogP contribution in [0.3, 0.4) is 0 Å². The van der Waals surface area contributed by atoms with Crippen LogP contribution in [0.4, 0.5) is 17.1 Å². The Morgan fingerprint density at radius 1 is 1.10 bits per heavy atom. The Morgan fingerprint density at radius 2 is 1.81 bits per heavy atom. The number of hydrogen-bond acceptors (Lipinski definition) is 3. The molecule has 0 spiro atoms. The molecule has 0 saturated heterocycles. The van der Waals surface area contributed by atoms with Crippen molar-refractivity contribution in [2.75, 3.05) is 17.6 Å². The normalized spacial score (nSPS) is 10.2. The molecule has 0 fully saturated rings. The van der Waals surface area contributed by atoms with Gasteiger partial charge in [0.2, 0.25) is 0 Å². The fourth-order valence-electron chi connectivity index (χ4n) is 2.21.